The number of benzene rings is 2. The Morgan fingerprint density at radius 3 is 2.28 bits per heavy atom. The number of methoxy groups -OCH3 is 3. The molecule has 2 aromatic carbocycles. The number of nitrogens with one attached hydrogen (secondary N) is 1. The largest absolute Gasteiger partial charge is 0.493 e. The van der Waals surface area contributed by atoms with E-state index in [1.54, 1.807) is 27.4 Å². The predicted molar refractivity (Wildman–Crippen MR) is 96.8 cm³/mol. The molecular formula is C18H20N4O3. The van der Waals surface area contributed by atoms with Gasteiger partial charge in [0.1, 0.15) is 12.1 Å². The third kappa shape index (κ3) is 3.14. The summed E-state index contributed by atoms with van der Waals surface area (Å²) in [6, 6.07) is 9.62. The van der Waals surface area contributed by atoms with Crippen molar-refractivity contribution in [1.29, 1.82) is 0 Å². The number of hydrogen-bond donors (Lipinski definition) is 2. The molecule has 0 bridgehead atoms. The number of ether oxygens (including phenoxy) is 3. The monoisotopic (exact) mass is 340 g/mol. The molecular weight excluding hydrogens is 320 g/mol. The van der Waals surface area contributed by atoms with Gasteiger partial charge in [-0.3, -0.25) is 0 Å². The molecule has 0 saturated carbocycles. The Kier molecular flexibility index (Phi) is 4.85. The van der Waals surface area contributed by atoms with E-state index in [0.29, 0.717) is 40.5 Å². The van der Waals surface area contributed by atoms with Gasteiger partial charge in [0.05, 0.1) is 32.2 Å². The second-order valence-electron chi connectivity index (χ2n) is 5.29. The van der Waals surface area contributed by atoms with Gasteiger partial charge in [0, 0.05) is 18.3 Å². The Morgan fingerprint density at radius 1 is 0.960 bits per heavy atom. The van der Waals surface area contributed by atoms with Gasteiger partial charge in [0.2, 0.25) is 5.75 Å². The molecule has 0 radical (unpaired) electrons. The van der Waals surface area contributed by atoms with Crippen molar-refractivity contribution in [2.45, 2.75) is 6.54 Å². The molecule has 25 heavy (non-hydrogen) atoms. The summed E-state index contributed by atoms with van der Waals surface area (Å²) in [6.45, 7) is 0.502. The number of hydrogen-bond acceptors (Lipinski definition) is 7. The SMILES string of the molecule is COc1cc2ncnc(Nc3ccc(CN)cc3)c2c(OC)c1OC. The van der Waals surface area contributed by atoms with E-state index in [0.717, 1.165) is 11.3 Å². The molecule has 130 valence electrons. The molecule has 7 heteroatoms. The normalized spacial score (nSPS) is 10.6. The average molecular weight is 340 g/mol. The number of nitrogens with two attached hydrogens (primary N) is 1. The summed E-state index contributed by atoms with van der Waals surface area (Å²) in [7, 11) is 4.71. The van der Waals surface area contributed by atoms with E-state index in [1.165, 1.54) is 6.33 Å². The summed E-state index contributed by atoms with van der Waals surface area (Å²) in [5.41, 5.74) is 8.27. The second kappa shape index (κ2) is 7.23. The van der Waals surface area contributed by atoms with Crippen LogP contribution >= 0.6 is 0 Å². The van der Waals surface area contributed by atoms with E-state index >= 15 is 0 Å². The third-order valence-electron chi connectivity index (χ3n) is 3.88. The second-order valence-corrected chi connectivity index (χ2v) is 5.29. The summed E-state index contributed by atoms with van der Waals surface area (Å²) in [4.78, 5) is 8.68. The zero-order chi connectivity index (χ0) is 17.8. The lowest BCUT2D eigenvalue weighted by molar-refractivity contribution is 0.327. The van der Waals surface area contributed by atoms with E-state index < -0.39 is 0 Å². The lowest BCUT2D eigenvalue weighted by atomic mass is 10.1. The topological polar surface area (TPSA) is 91.5 Å². The molecule has 0 unspecified atom stereocenters. The van der Waals surface area contributed by atoms with Crippen LogP contribution in [0.15, 0.2) is 36.7 Å². The third-order valence-corrected chi connectivity index (χ3v) is 3.88. The standard InChI is InChI=1S/C18H20N4O3/c1-23-14-8-13-15(17(25-3)16(14)24-2)18(21-10-20-13)22-12-6-4-11(9-19)5-7-12/h4-8,10H,9,19H2,1-3H3,(H,20,21,22). The molecule has 7 nitrogen and oxygen atoms in total. The summed E-state index contributed by atoms with van der Waals surface area (Å²) < 4.78 is 16.4. The maximum Gasteiger partial charge on any atom is 0.204 e. The van der Waals surface area contributed by atoms with Crippen LogP contribution in [-0.4, -0.2) is 31.3 Å². The van der Waals surface area contributed by atoms with Gasteiger partial charge in [-0.1, -0.05) is 12.1 Å². The zero-order valence-electron chi connectivity index (χ0n) is 14.4. The van der Waals surface area contributed by atoms with Crippen LogP contribution in [0, 0.1) is 0 Å². The smallest absolute Gasteiger partial charge is 0.204 e. The molecule has 3 rings (SSSR count). The molecule has 3 aromatic rings. The number of anilines is 2. The van der Waals surface area contributed by atoms with E-state index in [2.05, 4.69) is 15.3 Å². The molecule has 0 saturated heterocycles. The van der Waals surface area contributed by atoms with Crippen LogP contribution < -0.4 is 25.3 Å². The van der Waals surface area contributed by atoms with Crippen LogP contribution in [0.4, 0.5) is 11.5 Å². The van der Waals surface area contributed by atoms with Crippen LogP contribution in [0.1, 0.15) is 5.56 Å². The lowest BCUT2D eigenvalue weighted by Gasteiger charge is -2.16. The number of rotatable bonds is 6. The van der Waals surface area contributed by atoms with Crippen molar-refractivity contribution in [3.8, 4) is 17.2 Å². The van der Waals surface area contributed by atoms with Gasteiger partial charge >= 0.3 is 0 Å². The highest BCUT2D eigenvalue weighted by Crippen LogP contribution is 2.45. The van der Waals surface area contributed by atoms with Gasteiger partial charge in [0.15, 0.2) is 11.5 Å². The van der Waals surface area contributed by atoms with Gasteiger partial charge in [-0.15, -0.1) is 0 Å². The fraction of sp³-hybridized carbons (Fsp3) is 0.222. The van der Waals surface area contributed by atoms with E-state index in [4.69, 9.17) is 19.9 Å². The van der Waals surface area contributed by atoms with Gasteiger partial charge in [-0.05, 0) is 17.7 Å². The maximum atomic E-state index is 5.64. The van der Waals surface area contributed by atoms with Crippen LogP contribution in [-0.2, 0) is 6.54 Å². The first kappa shape index (κ1) is 16.8. The van der Waals surface area contributed by atoms with Crippen molar-refractivity contribution in [2.24, 2.45) is 5.73 Å². The first-order valence-electron chi connectivity index (χ1n) is 7.71. The van der Waals surface area contributed by atoms with Gasteiger partial charge < -0.3 is 25.3 Å². The highest BCUT2D eigenvalue weighted by molar-refractivity contribution is 5.99. The fourth-order valence-corrected chi connectivity index (χ4v) is 2.64. The molecule has 0 spiro atoms. The van der Waals surface area contributed by atoms with E-state index in [1.807, 2.05) is 24.3 Å². The number of fused-ring (bicyclic) bond motifs is 1. The van der Waals surface area contributed by atoms with Crippen molar-refractivity contribution in [3.05, 3.63) is 42.2 Å². The van der Waals surface area contributed by atoms with E-state index in [-0.39, 0.29) is 0 Å². The van der Waals surface area contributed by atoms with Gasteiger partial charge in [-0.25, -0.2) is 9.97 Å². The molecule has 0 aliphatic carbocycles. The summed E-state index contributed by atoms with van der Waals surface area (Å²) in [5.74, 6) is 2.17. The quantitative estimate of drug-likeness (QED) is 0.713. The fourth-order valence-electron chi connectivity index (χ4n) is 2.64. The maximum absolute atomic E-state index is 5.64. The minimum absolute atomic E-state index is 0.494. The Bertz CT molecular complexity index is 882. The van der Waals surface area contributed by atoms with Crippen molar-refractivity contribution in [1.82, 2.24) is 9.97 Å². The molecule has 1 aromatic heterocycles. The summed E-state index contributed by atoms with van der Waals surface area (Å²) >= 11 is 0. The van der Waals surface area contributed by atoms with Crippen LogP contribution in [0.5, 0.6) is 17.2 Å². The van der Waals surface area contributed by atoms with Crippen LogP contribution in [0.25, 0.3) is 10.9 Å². The van der Waals surface area contributed by atoms with Gasteiger partial charge in [0.25, 0.3) is 0 Å². The van der Waals surface area contributed by atoms with Crippen molar-refractivity contribution < 1.29 is 14.2 Å². The minimum atomic E-state index is 0.494. The van der Waals surface area contributed by atoms with Crippen molar-refractivity contribution in [2.75, 3.05) is 26.6 Å². The molecule has 0 atom stereocenters. The zero-order valence-corrected chi connectivity index (χ0v) is 14.4. The van der Waals surface area contributed by atoms with Crippen LogP contribution in [0.3, 0.4) is 0 Å². The highest BCUT2D eigenvalue weighted by atomic mass is 16.5. The Labute approximate surface area is 145 Å². The molecule has 0 amide bonds. The van der Waals surface area contributed by atoms with Crippen LogP contribution in [0.2, 0.25) is 0 Å². The lowest BCUT2D eigenvalue weighted by Crippen LogP contribution is -2.01. The Hall–Kier alpha value is -3.06. The van der Waals surface area contributed by atoms with Crippen molar-refractivity contribution in [3.63, 3.8) is 0 Å². The number of aromatic nitrogens is 2. The molecule has 1 heterocycles. The van der Waals surface area contributed by atoms with Gasteiger partial charge in [-0.2, -0.15) is 0 Å². The molecule has 0 aliphatic heterocycles. The average Bonchev–Trinajstić information content (AvgIpc) is 2.67. The predicted octanol–water partition coefficient (Wildman–Crippen LogP) is 2.86. The first-order valence-corrected chi connectivity index (χ1v) is 7.71. The molecule has 3 N–H and O–H groups in total. The Balaban J connectivity index is 2.14. The molecule has 0 fully saturated rings. The minimum Gasteiger partial charge on any atom is -0.493 e. The number of nitrogens with zero attached hydrogens (tertiary/aromatic N) is 2. The summed E-state index contributed by atoms with van der Waals surface area (Å²) in [5, 5.41) is 4.01. The van der Waals surface area contributed by atoms with Crippen molar-refractivity contribution >= 4 is 22.4 Å². The Morgan fingerprint density at radius 2 is 1.68 bits per heavy atom. The molecule has 0 aliphatic rings. The van der Waals surface area contributed by atoms with E-state index in [9.17, 15) is 0 Å². The highest BCUT2D eigenvalue weighted by Gasteiger charge is 2.20. The first-order chi connectivity index (χ1) is 12.2. The summed E-state index contributed by atoms with van der Waals surface area (Å²) in [6.07, 6.45) is 1.49.